The van der Waals surface area contributed by atoms with Gasteiger partial charge in [0.25, 0.3) is 0 Å². The van der Waals surface area contributed by atoms with Gasteiger partial charge in [-0.2, -0.15) is 13.2 Å². The zero-order valence-electron chi connectivity index (χ0n) is 10.5. The molecule has 4 nitrogen and oxygen atoms in total. The van der Waals surface area contributed by atoms with Crippen molar-refractivity contribution >= 4 is 15.9 Å². The topological polar surface area (TPSA) is 56.7 Å². The van der Waals surface area contributed by atoms with E-state index in [-0.39, 0.29) is 4.47 Å². The van der Waals surface area contributed by atoms with Gasteiger partial charge in [0.05, 0.1) is 11.3 Å². The highest BCUT2D eigenvalue weighted by Crippen LogP contribution is 2.36. The summed E-state index contributed by atoms with van der Waals surface area (Å²) in [5, 5.41) is 7.63. The third kappa shape index (κ3) is 3.37. The summed E-state index contributed by atoms with van der Waals surface area (Å²) in [6.45, 7) is 0. The van der Waals surface area contributed by atoms with Crippen molar-refractivity contribution in [3.05, 3.63) is 45.7 Å². The molecule has 0 spiro atoms. The fourth-order valence-corrected chi connectivity index (χ4v) is 2.29. The van der Waals surface area contributed by atoms with Gasteiger partial charge < -0.3 is 5.73 Å². The van der Waals surface area contributed by atoms with Gasteiger partial charge in [-0.15, -0.1) is 5.10 Å². The van der Waals surface area contributed by atoms with Gasteiger partial charge in [0.15, 0.2) is 0 Å². The maximum Gasteiger partial charge on any atom is 0.417 e. The molecule has 0 bridgehead atoms. The summed E-state index contributed by atoms with van der Waals surface area (Å²) in [5.74, 6) is 0. The van der Waals surface area contributed by atoms with Crippen molar-refractivity contribution in [2.75, 3.05) is 0 Å². The highest BCUT2D eigenvalue weighted by molar-refractivity contribution is 9.10. The Bertz CT molecular complexity index is 609. The molecule has 1 heterocycles. The van der Waals surface area contributed by atoms with E-state index < -0.39 is 17.8 Å². The molecule has 1 atom stereocenters. The Balaban J connectivity index is 2.24. The van der Waals surface area contributed by atoms with E-state index in [1.54, 1.807) is 19.3 Å². The van der Waals surface area contributed by atoms with Crippen LogP contribution in [-0.2, 0) is 19.6 Å². The lowest BCUT2D eigenvalue weighted by atomic mass is 10.0. The van der Waals surface area contributed by atoms with Crippen molar-refractivity contribution < 1.29 is 13.2 Å². The summed E-state index contributed by atoms with van der Waals surface area (Å²) < 4.78 is 40.0. The number of aryl methyl sites for hydroxylation is 1. The molecule has 0 fully saturated rings. The van der Waals surface area contributed by atoms with Crippen molar-refractivity contribution in [2.45, 2.75) is 18.6 Å². The Labute approximate surface area is 121 Å². The van der Waals surface area contributed by atoms with Crippen molar-refractivity contribution in [3.63, 3.8) is 0 Å². The summed E-state index contributed by atoms with van der Waals surface area (Å²) in [5.41, 5.74) is 6.25. The van der Waals surface area contributed by atoms with Gasteiger partial charge in [-0.05, 0) is 17.7 Å². The number of nitrogens with two attached hydrogens (primary N) is 1. The Morgan fingerprint density at radius 2 is 2.10 bits per heavy atom. The summed E-state index contributed by atoms with van der Waals surface area (Å²) >= 11 is 2.90. The van der Waals surface area contributed by atoms with Crippen LogP contribution >= 0.6 is 15.9 Å². The first-order valence-electron chi connectivity index (χ1n) is 5.75. The number of benzene rings is 1. The Morgan fingerprint density at radius 1 is 1.40 bits per heavy atom. The van der Waals surface area contributed by atoms with Crippen molar-refractivity contribution in [1.82, 2.24) is 15.0 Å². The Morgan fingerprint density at radius 3 is 2.65 bits per heavy atom. The molecule has 1 unspecified atom stereocenters. The SMILES string of the molecule is Cn1cc(CC(N)c2ccc(Br)c(C(F)(F)F)c2)nn1. The number of hydrogen-bond donors (Lipinski definition) is 1. The standard InChI is InChI=1S/C12H12BrF3N4/c1-20-6-8(18-19-20)5-11(17)7-2-3-10(13)9(4-7)12(14,15)16/h2-4,6,11H,5,17H2,1H3. The van der Waals surface area contributed by atoms with E-state index in [9.17, 15) is 13.2 Å². The largest absolute Gasteiger partial charge is 0.417 e. The molecule has 1 aromatic heterocycles. The number of aromatic nitrogens is 3. The quantitative estimate of drug-likeness (QED) is 0.927. The van der Waals surface area contributed by atoms with E-state index in [1.165, 1.54) is 10.7 Å². The molecule has 1 aromatic carbocycles. The molecule has 0 amide bonds. The maximum atomic E-state index is 12.8. The molecule has 0 aliphatic carbocycles. The van der Waals surface area contributed by atoms with Crippen molar-refractivity contribution in [3.8, 4) is 0 Å². The van der Waals surface area contributed by atoms with Crippen LogP contribution in [0.2, 0.25) is 0 Å². The summed E-state index contributed by atoms with van der Waals surface area (Å²) in [6, 6.07) is 3.42. The second-order valence-electron chi connectivity index (χ2n) is 4.43. The van der Waals surface area contributed by atoms with Gasteiger partial charge in [0.1, 0.15) is 0 Å². The summed E-state index contributed by atoms with van der Waals surface area (Å²) in [6.07, 6.45) is -2.41. The monoisotopic (exact) mass is 348 g/mol. The number of halogens is 4. The number of alkyl halides is 3. The highest BCUT2D eigenvalue weighted by Gasteiger charge is 2.33. The fourth-order valence-electron chi connectivity index (χ4n) is 1.82. The van der Waals surface area contributed by atoms with E-state index in [4.69, 9.17) is 5.73 Å². The molecule has 0 saturated heterocycles. The first kappa shape index (κ1) is 15.0. The van der Waals surface area contributed by atoms with E-state index in [2.05, 4.69) is 26.2 Å². The zero-order valence-corrected chi connectivity index (χ0v) is 12.1. The van der Waals surface area contributed by atoms with Crippen LogP contribution < -0.4 is 5.73 Å². The zero-order chi connectivity index (χ0) is 14.9. The van der Waals surface area contributed by atoms with E-state index in [0.717, 1.165) is 6.07 Å². The molecule has 108 valence electrons. The highest BCUT2D eigenvalue weighted by atomic mass is 79.9. The summed E-state index contributed by atoms with van der Waals surface area (Å²) in [4.78, 5) is 0. The van der Waals surface area contributed by atoms with Crippen LogP contribution in [-0.4, -0.2) is 15.0 Å². The normalized spacial score (nSPS) is 13.5. The van der Waals surface area contributed by atoms with Gasteiger partial charge in [0.2, 0.25) is 0 Å². The number of rotatable bonds is 3. The molecular formula is C12H12BrF3N4. The molecule has 2 N–H and O–H groups in total. The second kappa shape index (κ2) is 5.53. The van der Waals surface area contributed by atoms with Crippen LogP contribution in [0.3, 0.4) is 0 Å². The minimum absolute atomic E-state index is 0.000419. The molecule has 2 aromatic rings. The van der Waals surface area contributed by atoms with Crippen LogP contribution in [0.4, 0.5) is 13.2 Å². The average Bonchev–Trinajstić information content (AvgIpc) is 2.73. The molecule has 0 saturated carbocycles. The van der Waals surface area contributed by atoms with Crippen LogP contribution in [0, 0.1) is 0 Å². The van der Waals surface area contributed by atoms with Crippen molar-refractivity contribution in [1.29, 1.82) is 0 Å². The number of hydrogen-bond acceptors (Lipinski definition) is 3. The fraction of sp³-hybridized carbons (Fsp3) is 0.333. The van der Waals surface area contributed by atoms with Crippen LogP contribution in [0.5, 0.6) is 0 Å². The summed E-state index contributed by atoms with van der Waals surface area (Å²) in [7, 11) is 1.71. The van der Waals surface area contributed by atoms with Gasteiger partial charge in [-0.3, -0.25) is 4.68 Å². The Hall–Kier alpha value is -1.41. The third-order valence-corrected chi connectivity index (χ3v) is 3.49. The minimum atomic E-state index is -4.42. The van der Waals surface area contributed by atoms with E-state index in [1.807, 2.05) is 0 Å². The predicted octanol–water partition coefficient (Wildman–Crippen LogP) is 2.84. The lowest BCUT2D eigenvalue weighted by molar-refractivity contribution is -0.138. The molecule has 2 rings (SSSR count). The van der Waals surface area contributed by atoms with E-state index in [0.29, 0.717) is 17.7 Å². The van der Waals surface area contributed by atoms with Crippen molar-refractivity contribution in [2.24, 2.45) is 12.8 Å². The Kier molecular flexibility index (Phi) is 4.14. The molecule has 0 aliphatic heterocycles. The smallest absolute Gasteiger partial charge is 0.324 e. The van der Waals surface area contributed by atoms with Crippen LogP contribution in [0.1, 0.15) is 22.9 Å². The first-order valence-corrected chi connectivity index (χ1v) is 6.54. The van der Waals surface area contributed by atoms with Gasteiger partial charge in [-0.25, -0.2) is 0 Å². The van der Waals surface area contributed by atoms with Crippen LogP contribution in [0.25, 0.3) is 0 Å². The molecule has 0 aliphatic rings. The average molecular weight is 349 g/mol. The van der Waals surface area contributed by atoms with Gasteiger partial charge in [-0.1, -0.05) is 27.2 Å². The molecular weight excluding hydrogens is 337 g/mol. The minimum Gasteiger partial charge on any atom is -0.324 e. The third-order valence-electron chi connectivity index (χ3n) is 2.80. The van der Waals surface area contributed by atoms with E-state index >= 15 is 0 Å². The lowest BCUT2D eigenvalue weighted by Gasteiger charge is -2.15. The molecule has 20 heavy (non-hydrogen) atoms. The second-order valence-corrected chi connectivity index (χ2v) is 5.29. The van der Waals surface area contributed by atoms with Crippen LogP contribution in [0.15, 0.2) is 28.9 Å². The number of nitrogens with zero attached hydrogens (tertiary/aromatic N) is 3. The molecule has 8 heteroatoms. The lowest BCUT2D eigenvalue weighted by Crippen LogP contribution is -2.15. The first-order chi connectivity index (χ1) is 9.27. The van der Waals surface area contributed by atoms with Gasteiger partial charge in [0, 0.05) is 30.2 Å². The maximum absolute atomic E-state index is 12.8. The molecule has 0 radical (unpaired) electrons. The van der Waals surface area contributed by atoms with Gasteiger partial charge >= 0.3 is 6.18 Å². The predicted molar refractivity (Wildman–Crippen MR) is 70.8 cm³/mol.